The van der Waals surface area contributed by atoms with E-state index in [0.717, 1.165) is 32.1 Å². The first-order chi connectivity index (χ1) is 11.6. The molecule has 2 N–H and O–H groups in total. The lowest BCUT2D eigenvalue weighted by atomic mass is 9.80. The lowest BCUT2D eigenvalue weighted by molar-refractivity contribution is 0.0697. The highest BCUT2D eigenvalue weighted by Gasteiger charge is 2.41. The van der Waals surface area contributed by atoms with Gasteiger partial charge in [0.15, 0.2) is 0 Å². The molecule has 0 bridgehead atoms. The Balaban J connectivity index is 2.07. The first kappa shape index (κ1) is 16.6. The van der Waals surface area contributed by atoms with Gasteiger partial charge in [-0.3, -0.25) is 0 Å². The molecule has 5 heteroatoms. The molecule has 2 heterocycles. The standard InChI is InChI=1S/C19H25N3O2/c1-3-11-19(4-2)12-16(14-9-7-5-6-8-10-14)21-17-15(18(23)24)13-20-22(17)19/h5,7-10,13,16,21H,3-4,6,11-12H2,1-2H3,(H,23,24). The van der Waals surface area contributed by atoms with Crippen molar-refractivity contribution in [1.82, 2.24) is 9.78 Å². The highest BCUT2D eigenvalue weighted by atomic mass is 16.4. The Morgan fingerprint density at radius 3 is 3.00 bits per heavy atom. The van der Waals surface area contributed by atoms with Crippen LogP contribution in [-0.2, 0) is 5.54 Å². The maximum Gasteiger partial charge on any atom is 0.341 e. The number of aromatic nitrogens is 2. The molecule has 0 aromatic carbocycles. The van der Waals surface area contributed by atoms with E-state index in [0.29, 0.717) is 5.82 Å². The summed E-state index contributed by atoms with van der Waals surface area (Å²) in [6.45, 7) is 4.34. The van der Waals surface area contributed by atoms with Gasteiger partial charge in [-0.05, 0) is 31.3 Å². The van der Waals surface area contributed by atoms with Gasteiger partial charge in [0.25, 0.3) is 0 Å². The summed E-state index contributed by atoms with van der Waals surface area (Å²) in [5.74, 6) is -0.298. The molecule has 0 amide bonds. The monoisotopic (exact) mass is 327 g/mol. The SMILES string of the molecule is CCCC1(CC)CC(C2=CC=CCC=C2)Nc2c(C(=O)O)cnn21. The summed E-state index contributed by atoms with van der Waals surface area (Å²) >= 11 is 0. The summed E-state index contributed by atoms with van der Waals surface area (Å²) in [6, 6.07) is 0.0952. The maximum atomic E-state index is 11.6. The molecule has 0 fully saturated rings. The van der Waals surface area contributed by atoms with E-state index in [2.05, 4.69) is 54.6 Å². The molecule has 0 spiro atoms. The number of hydrogen-bond acceptors (Lipinski definition) is 3. The molecule has 1 aromatic rings. The lowest BCUT2D eigenvalue weighted by Gasteiger charge is -2.43. The number of fused-ring (bicyclic) bond motifs is 1. The van der Waals surface area contributed by atoms with Crippen LogP contribution in [0.4, 0.5) is 5.82 Å². The lowest BCUT2D eigenvalue weighted by Crippen LogP contribution is -2.46. The summed E-state index contributed by atoms with van der Waals surface area (Å²) in [4.78, 5) is 11.6. The molecule has 128 valence electrons. The van der Waals surface area contributed by atoms with Gasteiger partial charge in [0.1, 0.15) is 11.4 Å². The zero-order valence-corrected chi connectivity index (χ0v) is 14.3. The Kier molecular flexibility index (Phi) is 4.60. The van der Waals surface area contributed by atoms with Crippen LogP contribution >= 0.6 is 0 Å². The number of anilines is 1. The van der Waals surface area contributed by atoms with Gasteiger partial charge < -0.3 is 10.4 Å². The number of aromatic carboxylic acids is 1. The quantitative estimate of drug-likeness (QED) is 0.854. The minimum absolute atomic E-state index is 0.0952. The zero-order chi connectivity index (χ0) is 17.2. The van der Waals surface area contributed by atoms with E-state index < -0.39 is 5.97 Å². The topological polar surface area (TPSA) is 67.2 Å². The van der Waals surface area contributed by atoms with Crippen molar-refractivity contribution >= 4 is 11.8 Å². The first-order valence-electron chi connectivity index (χ1n) is 8.73. The molecular weight excluding hydrogens is 302 g/mol. The molecule has 5 nitrogen and oxygen atoms in total. The van der Waals surface area contributed by atoms with E-state index in [1.165, 1.54) is 11.8 Å². The van der Waals surface area contributed by atoms with E-state index in [9.17, 15) is 9.90 Å². The molecular formula is C19H25N3O2. The predicted molar refractivity (Wildman–Crippen MR) is 95.4 cm³/mol. The number of carbonyl (C=O) groups is 1. The Labute approximate surface area is 142 Å². The fourth-order valence-corrected chi connectivity index (χ4v) is 3.86. The van der Waals surface area contributed by atoms with Crippen LogP contribution in [0.15, 0.2) is 42.2 Å². The number of carboxylic acid groups (broad SMARTS) is 1. The molecule has 1 aliphatic carbocycles. The Morgan fingerprint density at radius 1 is 1.46 bits per heavy atom. The van der Waals surface area contributed by atoms with Crippen LogP contribution in [-0.4, -0.2) is 26.9 Å². The highest BCUT2D eigenvalue weighted by Crippen LogP contribution is 2.41. The van der Waals surface area contributed by atoms with Crippen LogP contribution in [0.25, 0.3) is 0 Å². The summed E-state index contributed by atoms with van der Waals surface area (Å²) in [5, 5.41) is 17.4. The van der Waals surface area contributed by atoms with Gasteiger partial charge in [0, 0.05) is 0 Å². The molecule has 0 saturated carbocycles. The number of rotatable bonds is 5. The molecule has 2 aliphatic rings. The van der Waals surface area contributed by atoms with Crippen molar-refractivity contribution in [3.05, 3.63) is 47.7 Å². The van der Waals surface area contributed by atoms with E-state index >= 15 is 0 Å². The molecule has 1 aromatic heterocycles. The third kappa shape index (κ3) is 2.79. The fourth-order valence-electron chi connectivity index (χ4n) is 3.86. The van der Waals surface area contributed by atoms with E-state index in [1.807, 2.05) is 4.68 Å². The molecule has 2 atom stereocenters. The average molecular weight is 327 g/mol. The summed E-state index contributed by atoms with van der Waals surface area (Å²) < 4.78 is 1.92. The van der Waals surface area contributed by atoms with Crippen molar-refractivity contribution in [3.8, 4) is 0 Å². The van der Waals surface area contributed by atoms with Crippen LogP contribution < -0.4 is 5.32 Å². The third-order valence-corrected chi connectivity index (χ3v) is 5.13. The van der Waals surface area contributed by atoms with Gasteiger partial charge in [0.05, 0.1) is 17.8 Å². The Hall–Kier alpha value is -2.30. The fraction of sp³-hybridized carbons (Fsp3) is 0.474. The maximum absolute atomic E-state index is 11.6. The summed E-state index contributed by atoms with van der Waals surface area (Å²) in [7, 11) is 0. The van der Waals surface area contributed by atoms with Crippen LogP contribution in [0.3, 0.4) is 0 Å². The first-order valence-corrected chi connectivity index (χ1v) is 8.73. The number of carboxylic acids is 1. The normalized spacial score (nSPS) is 25.6. The molecule has 3 rings (SSSR count). The van der Waals surface area contributed by atoms with E-state index in [-0.39, 0.29) is 17.1 Å². The molecule has 1 aliphatic heterocycles. The second kappa shape index (κ2) is 6.67. The summed E-state index contributed by atoms with van der Waals surface area (Å²) in [5.41, 5.74) is 1.31. The molecule has 0 saturated heterocycles. The summed E-state index contributed by atoms with van der Waals surface area (Å²) in [6.07, 6.45) is 16.9. The Morgan fingerprint density at radius 2 is 2.29 bits per heavy atom. The van der Waals surface area contributed by atoms with E-state index in [1.54, 1.807) is 0 Å². The predicted octanol–water partition coefficient (Wildman–Crippen LogP) is 4.11. The number of nitrogens with one attached hydrogen (secondary N) is 1. The largest absolute Gasteiger partial charge is 0.477 e. The van der Waals surface area contributed by atoms with Gasteiger partial charge in [-0.25, -0.2) is 9.48 Å². The number of allylic oxidation sites excluding steroid dienone is 4. The van der Waals surface area contributed by atoms with Crippen molar-refractivity contribution in [1.29, 1.82) is 0 Å². The van der Waals surface area contributed by atoms with Gasteiger partial charge in [-0.1, -0.05) is 50.6 Å². The molecule has 2 unspecified atom stereocenters. The smallest absolute Gasteiger partial charge is 0.341 e. The van der Waals surface area contributed by atoms with Crippen LogP contribution in [0, 0.1) is 0 Å². The highest BCUT2D eigenvalue weighted by molar-refractivity contribution is 5.93. The molecule has 24 heavy (non-hydrogen) atoms. The minimum Gasteiger partial charge on any atom is -0.477 e. The van der Waals surface area contributed by atoms with Gasteiger partial charge in [-0.2, -0.15) is 5.10 Å². The van der Waals surface area contributed by atoms with Crippen LogP contribution in [0.2, 0.25) is 0 Å². The van der Waals surface area contributed by atoms with Crippen molar-refractivity contribution in [2.75, 3.05) is 5.32 Å². The second-order valence-electron chi connectivity index (χ2n) is 6.59. The molecule has 0 radical (unpaired) electrons. The Bertz CT molecular complexity index is 714. The van der Waals surface area contributed by atoms with Crippen LogP contribution in [0.5, 0.6) is 0 Å². The van der Waals surface area contributed by atoms with Gasteiger partial charge in [-0.15, -0.1) is 0 Å². The van der Waals surface area contributed by atoms with Crippen molar-refractivity contribution in [3.63, 3.8) is 0 Å². The second-order valence-corrected chi connectivity index (χ2v) is 6.59. The van der Waals surface area contributed by atoms with Crippen molar-refractivity contribution < 1.29 is 9.90 Å². The number of nitrogens with zero attached hydrogens (tertiary/aromatic N) is 2. The average Bonchev–Trinajstić information content (AvgIpc) is 2.82. The zero-order valence-electron chi connectivity index (χ0n) is 14.3. The van der Waals surface area contributed by atoms with Gasteiger partial charge >= 0.3 is 5.97 Å². The van der Waals surface area contributed by atoms with Gasteiger partial charge in [0.2, 0.25) is 0 Å². The van der Waals surface area contributed by atoms with Crippen molar-refractivity contribution in [2.45, 2.75) is 57.5 Å². The third-order valence-electron chi connectivity index (χ3n) is 5.13. The minimum atomic E-state index is -0.934. The van der Waals surface area contributed by atoms with Crippen LogP contribution in [0.1, 0.15) is 56.3 Å². The number of hydrogen-bond donors (Lipinski definition) is 2. The van der Waals surface area contributed by atoms with E-state index in [4.69, 9.17) is 0 Å². The van der Waals surface area contributed by atoms with Crippen molar-refractivity contribution in [2.24, 2.45) is 0 Å².